The summed E-state index contributed by atoms with van der Waals surface area (Å²) in [5.74, 6) is 1.06. The molecule has 140 valence electrons. The second kappa shape index (κ2) is 7.40. The monoisotopic (exact) mass is 364 g/mol. The molecule has 27 heavy (non-hydrogen) atoms. The number of ether oxygens (including phenoxy) is 1. The van der Waals surface area contributed by atoms with Gasteiger partial charge in [0.2, 0.25) is 0 Å². The molecule has 6 heteroatoms. The number of benzene rings is 2. The molecule has 0 radical (unpaired) electrons. The van der Waals surface area contributed by atoms with Gasteiger partial charge in [-0.25, -0.2) is 9.78 Å². The van der Waals surface area contributed by atoms with Gasteiger partial charge >= 0.3 is 6.09 Å². The summed E-state index contributed by atoms with van der Waals surface area (Å²) in [6.07, 6.45) is -0.441. The van der Waals surface area contributed by atoms with Crippen molar-refractivity contribution in [3.63, 3.8) is 0 Å². The third-order valence-corrected chi connectivity index (χ3v) is 5.13. The number of anilines is 1. The number of nitrogens with zero attached hydrogens (tertiary/aromatic N) is 3. The molecule has 2 heterocycles. The van der Waals surface area contributed by atoms with E-state index < -0.39 is 6.09 Å². The van der Waals surface area contributed by atoms with Crippen LogP contribution in [0.4, 0.5) is 10.5 Å². The number of hydrogen-bond donors (Lipinski definition) is 1. The van der Waals surface area contributed by atoms with Gasteiger partial charge in [0.15, 0.2) is 0 Å². The molecule has 1 aliphatic rings. The lowest BCUT2D eigenvalue weighted by molar-refractivity contribution is 0.165. The van der Waals surface area contributed by atoms with E-state index >= 15 is 0 Å². The number of amides is 1. The van der Waals surface area contributed by atoms with E-state index in [2.05, 4.69) is 46.0 Å². The van der Waals surface area contributed by atoms with Crippen LogP contribution in [-0.4, -0.2) is 33.7 Å². The third-order valence-electron chi connectivity index (χ3n) is 5.13. The van der Waals surface area contributed by atoms with E-state index in [-0.39, 0.29) is 0 Å². The number of fused-ring (bicyclic) bond motifs is 3. The minimum Gasteiger partial charge on any atom is -0.450 e. The highest BCUT2D eigenvalue weighted by molar-refractivity contribution is 5.89. The largest absolute Gasteiger partial charge is 0.450 e. The van der Waals surface area contributed by atoms with Crippen LogP contribution in [0.1, 0.15) is 31.3 Å². The minimum atomic E-state index is -0.441. The van der Waals surface area contributed by atoms with Crippen molar-refractivity contribution in [3.8, 4) is 0 Å². The van der Waals surface area contributed by atoms with Gasteiger partial charge < -0.3 is 9.30 Å². The number of hydrogen-bond acceptors (Lipinski definition) is 4. The van der Waals surface area contributed by atoms with Crippen LogP contribution in [0.2, 0.25) is 0 Å². The number of nitrogens with one attached hydrogen (secondary N) is 1. The van der Waals surface area contributed by atoms with E-state index in [0.717, 1.165) is 36.5 Å². The Morgan fingerprint density at radius 1 is 1.22 bits per heavy atom. The maximum absolute atomic E-state index is 11.6. The third kappa shape index (κ3) is 3.53. The first-order valence-corrected chi connectivity index (χ1v) is 9.37. The molecule has 1 amide bonds. The van der Waals surface area contributed by atoms with Crippen LogP contribution in [0.5, 0.6) is 0 Å². The zero-order chi connectivity index (χ0) is 18.8. The zero-order valence-electron chi connectivity index (χ0n) is 15.7. The van der Waals surface area contributed by atoms with Crippen molar-refractivity contribution >= 4 is 22.8 Å². The molecule has 0 saturated heterocycles. The smallest absolute Gasteiger partial charge is 0.411 e. The predicted octanol–water partition coefficient (Wildman–Crippen LogP) is 4.18. The van der Waals surface area contributed by atoms with Gasteiger partial charge in [-0.1, -0.05) is 30.3 Å². The second-order valence-corrected chi connectivity index (χ2v) is 6.79. The molecule has 0 saturated carbocycles. The van der Waals surface area contributed by atoms with Gasteiger partial charge in [0.1, 0.15) is 5.82 Å². The molecule has 0 aliphatic carbocycles. The predicted molar refractivity (Wildman–Crippen MR) is 106 cm³/mol. The fourth-order valence-corrected chi connectivity index (χ4v) is 3.67. The summed E-state index contributed by atoms with van der Waals surface area (Å²) in [7, 11) is 0. The molecule has 0 fully saturated rings. The lowest BCUT2D eigenvalue weighted by atomic mass is 10.1. The molecule has 0 unspecified atom stereocenters. The molecule has 2 aromatic carbocycles. The highest BCUT2D eigenvalue weighted by Crippen LogP contribution is 2.28. The van der Waals surface area contributed by atoms with Crippen LogP contribution >= 0.6 is 0 Å². The standard InChI is InChI=1S/C21H24N4O2/c1-3-27-21(26)22-17-9-10-19-18(13-17)23-20-14-24(11-12-25(19)20)15(2)16-7-5-4-6-8-16/h4-10,13,15H,3,11-12,14H2,1-2H3,(H,22,26)/t15-/m0/s1. The molecule has 1 N–H and O–H groups in total. The number of imidazole rings is 1. The second-order valence-electron chi connectivity index (χ2n) is 6.79. The van der Waals surface area contributed by atoms with Crippen molar-refractivity contribution in [2.75, 3.05) is 18.5 Å². The maximum Gasteiger partial charge on any atom is 0.411 e. The average Bonchev–Trinajstić information content (AvgIpc) is 3.05. The molecule has 4 rings (SSSR count). The highest BCUT2D eigenvalue weighted by atomic mass is 16.5. The average molecular weight is 364 g/mol. The number of carbonyl (C=O) groups excluding carboxylic acids is 1. The number of aromatic nitrogens is 2. The Morgan fingerprint density at radius 3 is 2.81 bits per heavy atom. The van der Waals surface area contributed by atoms with Crippen molar-refractivity contribution in [1.29, 1.82) is 0 Å². The fourth-order valence-electron chi connectivity index (χ4n) is 3.67. The van der Waals surface area contributed by atoms with Gasteiger partial charge in [-0.15, -0.1) is 0 Å². The quantitative estimate of drug-likeness (QED) is 0.754. The Kier molecular flexibility index (Phi) is 4.81. The molecular formula is C21H24N4O2. The van der Waals surface area contributed by atoms with Gasteiger partial charge in [-0.3, -0.25) is 10.2 Å². The Labute approximate surface area is 158 Å². The zero-order valence-corrected chi connectivity index (χ0v) is 15.7. The fraction of sp³-hybridized carbons (Fsp3) is 0.333. The van der Waals surface area contributed by atoms with Crippen molar-refractivity contribution < 1.29 is 9.53 Å². The van der Waals surface area contributed by atoms with E-state index in [1.807, 2.05) is 24.3 Å². The van der Waals surface area contributed by atoms with Crippen molar-refractivity contribution in [2.24, 2.45) is 0 Å². The van der Waals surface area contributed by atoms with Crippen molar-refractivity contribution in [3.05, 3.63) is 59.9 Å². The van der Waals surface area contributed by atoms with E-state index in [0.29, 0.717) is 18.3 Å². The van der Waals surface area contributed by atoms with Crippen LogP contribution < -0.4 is 5.32 Å². The van der Waals surface area contributed by atoms with Crippen LogP contribution in [0, 0.1) is 0 Å². The number of rotatable bonds is 4. The topological polar surface area (TPSA) is 59.4 Å². The van der Waals surface area contributed by atoms with Crippen LogP contribution in [0.3, 0.4) is 0 Å². The lowest BCUT2D eigenvalue weighted by Crippen LogP contribution is -2.35. The van der Waals surface area contributed by atoms with Crippen LogP contribution in [0.25, 0.3) is 11.0 Å². The lowest BCUT2D eigenvalue weighted by Gasteiger charge is -2.33. The van der Waals surface area contributed by atoms with Crippen LogP contribution in [-0.2, 0) is 17.8 Å². The molecule has 3 aromatic rings. The number of carbonyl (C=O) groups is 1. The molecule has 0 bridgehead atoms. The SMILES string of the molecule is CCOC(=O)Nc1ccc2c(c1)nc1n2CCN([C@@H](C)c2ccccc2)C1. The normalized spacial score (nSPS) is 15.3. The Hall–Kier alpha value is -2.86. The summed E-state index contributed by atoms with van der Waals surface area (Å²) in [6, 6.07) is 16.7. The first kappa shape index (κ1) is 17.5. The summed E-state index contributed by atoms with van der Waals surface area (Å²) < 4.78 is 7.21. The van der Waals surface area contributed by atoms with Gasteiger partial charge in [-0.05, 0) is 37.6 Å². The first-order chi connectivity index (χ1) is 13.2. The molecule has 6 nitrogen and oxygen atoms in total. The van der Waals surface area contributed by atoms with E-state index in [9.17, 15) is 4.79 Å². The highest BCUT2D eigenvalue weighted by Gasteiger charge is 2.24. The molecule has 1 atom stereocenters. The van der Waals surface area contributed by atoms with E-state index in [1.54, 1.807) is 6.92 Å². The maximum atomic E-state index is 11.6. The summed E-state index contributed by atoms with van der Waals surface area (Å²) in [6.45, 7) is 7.09. The Balaban J connectivity index is 1.56. The summed E-state index contributed by atoms with van der Waals surface area (Å²) in [5.41, 5.74) is 4.02. The van der Waals surface area contributed by atoms with E-state index in [1.165, 1.54) is 5.56 Å². The minimum absolute atomic E-state index is 0.348. The molecular weight excluding hydrogens is 340 g/mol. The Morgan fingerprint density at radius 2 is 2.04 bits per heavy atom. The summed E-state index contributed by atoms with van der Waals surface area (Å²) >= 11 is 0. The van der Waals surface area contributed by atoms with Gasteiger partial charge in [0.25, 0.3) is 0 Å². The molecule has 1 aliphatic heterocycles. The Bertz CT molecular complexity index is 951. The molecule has 1 aromatic heterocycles. The summed E-state index contributed by atoms with van der Waals surface area (Å²) in [4.78, 5) is 18.9. The van der Waals surface area contributed by atoms with E-state index in [4.69, 9.17) is 9.72 Å². The van der Waals surface area contributed by atoms with Gasteiger partial charge in [0.05, 0.1) is 24.2 Å². The van der Waals surface area contributed by atoms with Gasteiger partial charge in [-0.2, -0.15) is 0 Å². The van der Waals surface area contributed by atoms with Gasteiger partial charge in [0, 0.05) is 24.8 Å². The van der Waals surface area contributed by atoms with Crippen molar-refractivity contribution in [2.45, 2.75) is 33.0 Å². The first-order valence-electron chi connectivity index (χ1n) is 9.37. The van der Waals surface area contributed by atoms with Crippen molar-refractivity contribution in [1.82, 2.24) is 14.5 Å². The molecule has 0 spiro atoms. The van der Waals surface area contributed by atoms with Crippen LogP contribution in [0.15, 0.2) is 48.5 Å². The summed E-state index contributed by atoms with van der Waals surface area (Å²) in [5, 5.41) is 2.74.